The summed E-state index contributed by atoms with van der Waals surface area (Å²) in [5.74, 6) is -1.04. The maximum Gasteiger partial charge on any atom is 0.303 e. The number of aliphatic carboxylic acids is 1. The summed E-state index contributed by atoms with van der Waals surface area (Å²) in [5.41, 5.74) is 1.26. The van der Waals surface area contributed by atoms with Crippen molar-refractivity contribution >= 4 is 11.9 Å². The van der Waals surface area contributed by atoms with Gasteiger partial charge in [-0.3, -0.25) is 9.59 Å². The van der Waals surface area contributed by atoms with E-state index in [1.165, 1.54) is 5.56 Å². The first-order chi connectivity index (χ1) is 9.08. The van der Waals surface area contributed by atoms with Crippen molar-refractivity contribution in [3.63, 3.8) is 0 Å². The Morgan fingerprint density at radius 3 is 2.53 bits per heavy atom. The van der Waals surface area contributed by atoms with Crippen LogP contribution in [-0.2, 0) is 16.0 Å². The second kappa shape index (κ2) is 8.29. The SMILES string of the molecule is CC(CC(=O)O)CC(=O)NCCCc1ccccc1. The number of aryl methyl sites for hydroxylation is 1. The van der Waals surface area contributed by atoms with Crippen LogP contribution in [-0.4, -0.2) is 23.5 Å². The second-order valence-corrected chi connectivity index (χ2v) is 4.85. The molecule has 0 saturated heterocycles. The third-order valence-corrected chi connectivity index (χ3v) is 2.86. The van der Waals surface area contributed by atoms with Gasteiger partial charge in [-0.1, -0.05) is 37.3 Å². The van der Waals surface area contributed by atoms with Crippen molar-refractivity contribution in [2.24, 2.45) is 5.92 Å². The van der Waals surface area contributed by atoms with E-state index in [1.54, 1.807) is 6.92 Å². The van der Waals surface area contributed by atoms with Gasteiger partial charge in [0.25, 0.3) is 0 Å². The molecule has 0 spiro atoms. The molecule has 0 fully saturated rings. The van der Waals surface area contributed by atoms with Crippen LogP contribution in [0, 0.1) is 5.92 Å². The summed E-state index contributed by atoms with van der Waals surface area (Å²) in [6.07, 6.45) is 2.14. The molecule has 0 heterocycles. The van der Waals surface area contributed by atoms with Gasteiger partial charge in [0.05, 0.1) is 0 Å². The van der Waals surface area contributed by atoms with Gasteiger partial charge in [0, 0.05) is 19.4 Å². The fourth-order valence-electron chi connectivity index (χ4n) is 1.92. The van der Waals surface area contributed by atoms with Crippen molar-refractivity contribution in [2.45, 2.75) is 32.6 Å². The van der Waals surface area contributed by atoms with Gasteiger partial charge >= 0.3 is 5.97 Å². The number of carboxylic acids is 1. The molecule has 104 valence electrons. The number of carbonyl (C=O) groups excluding carboxylic acids is 1. The lowest BCUT2D eigenvalue weighted by atomic mass is 10.0. The van der Waals surface area contributed by atoms with Crippen LogP contribution >= 0.6 is 0 Å². The molecule has 2 N–H and O–H groups in total. The third kappa shape index (κ3) is 7.24. The number of hydrogen-bond donors (Lipinski definition) is 2. The Hall–Kier alpha value is -1.84. The quantitative estimate of drug-likeness (QED) is 0.707. The summed E-state index contributed by atoms with van der Waals surface area (Å²) >= 11 is 0. The average molecular weight is 263 g/mol. The van der Waals surface area contributed by atoms with E-state index in [0.717, 1.165) is 12.8 Å². The average Bonchev–Trinajstić information content (AvgIpc) is 2.35. The lowest BCUT2D eigenvalue weighted by molar-refractivity contribution is -0.138. The minimum atomic E-state index is -0.857. The Labute approximate surface area is 113 Å². The van der Waals surface area contributed by atoms with E-state index >= 15 is 0 Å². The number of amides is 1. The second-order valence-electron chi connectivity index (χ2n) is 4.85. The minimum absolute atomic E-state index is 0.0391. The fraction of sp³-hybridized carbons (Fsp3) is 0.467. The first kappa shape index (κ1) is 15.2. The first-order valence-electron chi connectivity index (χ1n) is 6.60. The highest BCUT2D eigenvalue weighted by molar-refractivity contribution is 5.77. The number of rotatable bonds is 8. The predicted octanol–water partition coefficient (Wildman–Crippen LogP) is 2.24. The highest BCUT2D eigenvalue weighted by Crippen LogP contribution is 2.07. The monoisotopic (exact) mass is 263 g/mol. The normalized spacial score (nSPS) is 11.8. The van der Waals surface area contributed by atoms with E-state index < -0.39 is 5.97 Å². The Kier molecular flexibility index (Phi) is 6.64. The summed E-state index contributed by atoms with van der Waals surface area (Å²) in [7, 11) is 0. The van der Waals surface area contributed by atoms with E-state index in [4.69, 9.17) is 5.11 Å². The van der Waals surface area contributed by atoms with Gasteiger partial charge in [-0.2, -0.15) is 0 Å². The summed E-state index contributed by atoms with van der Waals surface area (Å²) in [5, 5.41) is 11.4. The molecule has 0 aromatic heterocycles. The number of benzene rings is 1. The Bertz CT molecular complexity index is 403. The zero-order chi connectivity index (χ0) is 14.1. The van der Waals surface area contributed by atoms with E-state index in [9.17, 15) is 9.59 Å². The zero-order valence-corrected chi connectivity index (χ0v) is 11.3. The van der Waals surface area contributed by atoms with Crippen LogP contribution < -0.4 is 5.32 Å². The molecule has 19 heavy (non-hydrogen) atoms. The largest absolute Gasteiger partial charge is 0.481 e. The summed E-state index contributed by atoms with van der Waals surface area (Å²) in [4.78, 5) is 22.0. The van der Waals surface area contributed by atoms with E-state index in [0.29, 0.717) is 6.54 Å². The zero-order valence-electron chi connectivity index (χ0n) is 11.3. The molecule has 0 aliphatic rings. The lowest BCUT2D eigenvalue weighted by Crippen LogP contribution is -2.26. The summed E-state index contributed by atoms with van der Waals surface area (Å²) in [6, 6.07) is 10.1. The van der Waals surface area contributed by atoms with Gasteiger partial charge in [0.1, 0.15) is 0 Å². The molecular weight excluding hydrogens is 242 g/mol. The van der Waals surface area contributed by atoms with Crippen LogP contribution in [0.25, 0.3) is 0 Å². The molecule has 0 bridgehead atoms. The maximum absolute atomic E-state index is 11.5. The third-order valence-electron chi connectivity index (χ3n) is 2.86. The molecule has 1 aromatic rings. The van der Waals surface area contributed by atoms with Crippen molar-refractivity contribution in [1.82, 2.24) is 5.32 Å². The van der Waals surface area contributed by atoms with Crippen LogP contribution in [0.3, 0.4) is 0 Å². The highest BCUT2D eigenvalue weighted by atomic mass is 16.4. The van der Waals surface area contributed by atoms with Gasteiger partial charge in [-0.05, 0) is 24.3 Å². The number of hydrogen-bond acceptors (Lipinski definition) is 2. The Morgan fingerprint density at radius 1 is 1.21 bits per heavy atom. The maximum atomic E-state index is 11.5. The molecule has 0 aliphatic heterocycles. The standard InChI is InChI=1S/C15H21NO3/c1-12(11-15(18)19)10-14(17)16-9-5-8-13-6-3-2-4-7-13/h2-4,6-7,12H,5,8-11H2,1H3,(H,16,17)(H,18,19). The van der Waals surface area contributed by atoms with Crippen LogP contribution in [0.15, 0.2) is 30.3 Å². The molecule has 1 atom stereocenters. The van der Waals surface area contributed by atoms with Crippen molar-refractivity contribution in [3.05, 3.63) is 35.9 Å². The lowest BCUT2D eigenvalue weighted by Gasteiger charge is -2.09. The van der Waals surface area contributed by atoms with Crippen molar-refractivity contribution in [2.75, 3.05) is 6.54 Å². The molecule has 1 aromatic carbocycles. The molecule has 0 radical (unpaired) electrons. The van der Waals surface area contributed by atoms with Gasteiger partial charge in [-0.25, -0.2) is 0 Å². The Balaban J connectivity index is 2.12. The van der Waals surface area contributed by atoms with Crippen molar-refractivity contribution < 1.29 is 14.7 Å². The van der Waals surface area contributed by atoms with E-state index in [-0.39, 0.29) is 24.7 Å². The first-order valence-corrected chi connectivity index (χ1v) is 6.60. The minimum Gasteiger partial charge on any atom is -0.481 e. The number of nitrogens with one attached hydrogen (secondary N) is 1. The molecular formula is C15H21NO3. The van der Waals surface area contributed by atoms with Crippen LogP contribution in [0.1, 0.15) is 31.7 Å². The van der Waals surface area contributed by atoms with Crippen LogP contribution in [0.2, 0.25) is 0 Å². The van der Waals surface area contributed by atoms with Gasteiger partial charge < -0.3 is 10.4 Å². The van der Waals surface area contributed by atoms with E-state index in [1.807, 2.05) is 18.2 Å². The smallest absolute Gasteiger partial charge is 0.303 e. The number of carboxylic acid groups (broad SMARTS) is 1. The van der Waals surface area contributed by atoms with Crippen molar-refractivity contribution in [3.8, 4) is 0 Å². The molecule has 1 amide bonds. The molecule has 4 nitrogen and oxygen atoms in total. The van der Waals surface area contributed by atoms with Crippen LogP contribution in [0.5, 0.6) is 0 Å². The molecule has 1 unspecified atom stereocenters. The fourth-order valence-corrected chi connectivity index (χ4v) is 1.92. The van der Waals surface area contributed by atoms with Crippen molar-refractivity contribution in [1.29, 1.82) is 0 Å². The molecule has 0 saturated carbocycles. The predicted molar refractivity (Wildman–Crippen MR) is 73.8 cm³/mol. The Morgan fingerprint density at radius 2 is 1.89 bits per heavy atom. The van der Waals surface area contributed by atoms with E-state index in [2.05, 4.69) is 17.4 Å². The summed E-state index contributed by atoms with van der Waals surface area (Å²) in [6.45, 7) is 2.41. The topological polar surface area (TPSA) is 66.4 Å². The van der Waals surface area contributed by atoms with Crippen LogP contribution in [0.4, 0.5) is 0 Å². The van der Waals surface area contributed by atoms with Gasteiger partial charge in [0.2, 0.25) is 5.91 Å². The molecule has 4 heteroatoms. The number of carbonyl (C=O) groups is 2. The highest BCUT2D eigenvalue weighted by Gasteiger charge is 2.11. The van der Waals surface area contributed by atoms with Gasteiger partial charge in [-0.15, -0.1) is 0 Å². The summed E-state index contributed by atoms with van der Waals surface area (Å²) < 4.78 is 0. The molecule has 1 rings (SSSR count). The molecule has 0 aliphatic carbocycles. The van der Waals surface area contributed by atoms with Gasteiger partial charge in [0.15, 0.2) is 0 Å².